The standard InChI is InChI=1S/C12H13BrFN3O/c13-10-6-8(14)7-11-12(10)15-16-17(11)4-5-18-9-2-1-3-9/h6-7,9H,1-5H2. The van der Waals surface area contributed by atoms with Gasteiger partial charge in [-0.05, 0) is 41.3 Å². The Morgan fingerprint density at radius 2 is 2.28 bits per heavy atom. The summed E-state index contributed by atoms with van der Waals surface area (Å²) in [4.78, 5) is 0. The van der Waals surface area contributed by atoms with Gasteiger partial charge in [0.2, 0.25) is 0 Å². The van der Waals surface area contributed by atoms with Gasteiger partial charge in [0.05, 0.1) is 29.2 Å². The normalized spacial score (nSPS) is 16.1. The number of ether oxygens (including phenoxy) is 1. The van der Waals surface area contributed by atoms with Gasteiger partial charge >= 0.3 is 0 Å². The molecule has 0 radical (unpaired) electrons. The summed E-state index contributed by atoms with van der Waals surface area (Å²) in [5.41, 5.74) is 1.37. The van der Waals surface area contributed by atoms with Crippen LogP contribution in [0.3, 0.4) is 0 Å². The van der Waals surface area contributed by atoms with Crippen LogP contribution in [0.25, 0.3) is 11.0 Å². The van der Waals surface area contributed by atoms with Crippen LogP contribution in [0.1, 0.15) is 19.3 Å². The lowest BCUT2D eigenvalue weighted by molar-refractivity contribution is -0.00212. The van der Waals surface area contributed by atoms with E-state index >= 15 is 0 Å². The van der Waals surface area contributed by atoms with Crippen molar-refractivity contribution in [1.29, 1.82) is 0 Å². The summed E-state index contributed by atoms with van der Waals surface area (Å²) in [6.45, 7) is 1.19. The summed E-state index contributed by atoms with van der Waals surface area (Å²) >= 11 is 3.29. The Labute approximate surface area is 112 Å². The minimum atomic E-state index is -0.294. The summed E-state index contributed by atoms with van der Waals surface area (Å²) in [6, 6.07) is 2.84. The van der Waals surface area contributed by atoms with Crippen molar-refractivity contribution in [2.75, 3.05) is 6.61 Å². The molecule has 0 aliphatic heterocycles. The minimum absolute atomic E-state index is 0.294. The Kier molecular flexibility index (Phi) is 3.30. The Balaban J connectivity index is 1.74. The molecule has 0 N–H and O–H groups in total. The van der Waals surface area contributed by atoms with E-state index in [4.69, 9.17) is 4.74 Å². The molecule has 1 aliphatic carbocycles. The Hall–Kier alpha value is -1.01. The van der Waals surface area contributed by atoms with Crippen LogP contribution in [-0.2, 0) is 11.3 Å². The topological polar surface area (TPSA) is 39.9 Å². The van der Waals surface area contributed by atoms with E-state index in [-0.39, 0.29) is 5.82 Å². The molecule has 1 aromatic carbocycles. The van der Waals surface area contributed by atoms with Crippen molar-refractivity contribution in [2.45, 2.75) is 31.9 Å². The van der Waals surface area contributed by atoms with Crippen LogP contribution in [0.4, 0.5) is 4.39 Å². The second-order valence-corrected chi connectivity index (χ2v) is 5.35. The molecule has 0 amide bonds. The molecule has 0 saturated heterocycles. The molecule has 2 aromatic rings. The number of hydrogen-bond donors (Lipinski definition) is 0. The monoisotopic (exact) mass is 313 g/mol. The zero-order valence-electron chi connectivity index (χ0n) is 9.77. The number of aromatic nitrogens is 3. The van der Waals surface area contributed by atoms with Gasteiger partial charge in [-0.2, -0.15) is 0 Å². The molecule has 1 saturated carbocycles. The number of rotatable bonds is 4. The molecule has 0 unspecified atom stereocenters. The molecule has 1 aliphatic rings. The van der Waals surface area contributed by atoms with Gasteiger partial charge in [0, 0.05) is 6.07 Å². The number of benzene rings is 1. The van der Waals surface area contributed by atoms with E-state index in [0.717, 1.165) is 12.8 Å². The first-order valence-corrected chi connectivity index (χ1v) is 6.83. The number of halogens is 2. The summed E-state index contributed by atoms with van der Waals surface area (Å²) < 4.78 is 21.3. The minimum Gasteiger partial charge on any atom is -0.376 e. The van der Waals surface area contributed by atoms with Gasteiger partial charge in [0.1, 0.15) is 11.3 Å². The molecule has 1 fully saturated rings. The van der Waals surface area contributed by atoms with Gasteiger partial charge in [-0.15, -0.1) is 5.10 Å². The molecule has 3 rings (SSSR count). The first-order chi connectivity index (χ1) is 8.74. The zero-order valence-corrected chi connectivity index (χ0v) is 11.4. The highest BCUT2D eigenvalue weighted by atomic mass is 79.9. The van der Waals surface area contributed by atoms with E-state index in [9.17, 15) is 4.39 Å². The summed E-state index contributed by atoms with van der Waals surface area (Å²) in [5.74, 6) is -0.294. The maximum atomic E-state index is 13.3. The summed E-state index contributed by atoms with van der Waals surface area (Å²) in [6.07, 6.45) is 3.97. The van der Waals surface area contributed by atoms with E-state index in [0.29, 0.717) is 34.8 Å². The lowest BCUT2D eigenvalue weighted by Crippen LogP contribution is -2.23. The second-order valence-electron chi connectivity index (χ2n) is 4.49. The SMILES string of the molecule is Fc1cc(Br)c2nnn(CCOC3CCC3)c2c1. The number of nitrogens with zero attached hydrogens (tertiary/aromatic N) is 3. The van der Waals surface area contributed by atoms with Crippen molar-refractivity contribution < 1.29 is 9.13 Å². The quantitative estimate of drug-likeness (QED) is 0.871. The van der Waals surface area contributed by atoms with E-state index in [1.54, 1.807) is 4.68 Å². The van der Waals surface area contributed by atoms with Crippen molar-refractivity contribution in [1.82, 2.24) is 15.0 Å². The fraction of sp³-hybridized carbons (Fsp3) is 0.500. The van der Waals surface area contributed by atoms with Crippen LogP contribution in [0.15, 0.2) is 16.6 Å². The van der Waals surface area contributed by atoms with Crippen molar-refractivity contribution in [3.8, 4) is 0 Å². The van der Waals surface area contributed by atoms with Crippen LogP contribution in [-0.4, -0.2) is 27.7 Å². The fourth-order valence-electron chi connectivity index (χ4n) is 2.00. The molecule has 0 atom stereocenters. The van der Waals surface area contributed by atoms with Crippen LogP contribution in [0.2, 0.25) is 0 Å². The van der Waals surface area contributed by atoms with Gasteiger partial charge in [-0.3, -0.25) is 0 Å². The Bertz CT molecular complexity index is 568. The number of fused-ring (bicyclic) bond motifs is 1. The van der Waals surface area contributed by atoms with Gasteiger partial charge < -0.3 is 4.74 Å². The molecule has 6 heteroatoms. The first kappa shape index (κ1) is 12.0. The third-order valence-electron chi connectivity index (χ3n) is 3.25. The van der Waals surface area contributed by atoms with Crippen molar-refractivity contribution in [3.63, 3.8) is 0 Å². The molecule has 1 aromatic heterocycles. The average molecular weight is 314 g/mol. The van der Waals surface area contributed by atoms with Gasteiger partial charge in [-0.1, -0.05) is 5.21 Å². The number of hydrogen-bond acceptors (Lipinski definition) is 3. The second kappa shape index (κ2) is 4.93. The molecule has 96 valence electrons. The molecule has 18 heavy (non-hydrogen) atoms. The maximum Gasteiger partial charge on any atom is 0.127 e. The van der Waals surface area contributed by atoms with Crippen molar-refractivity contribution in [2.24, 2.45) is 0 Å². The Morgan fingerprint density at radius 3 is 3.00 bits per heavy atom. The summed E-state index contributed by atoms with van der Waals surface area (Å²) in [7, 11) is 0. The van der Waals surface area contributed by atoms with Crippen LogP contribution >= 0.6 is 15.9 Å². The zero-order chi connectivity index (χ0) is 12.5. The predicted octanol–water partition coefficient (Wildman–Crippen LogP) is 2.90. The molecule has 0 bridgehead atoms. The van der Waals surface area contributed by atoms with Gasteiger partial charge in [0.15, 0.2) is 0 Å². The largest absolute Gasteiger partial charge is 0.376 e. The molecule has 4 nitrogen and oxygen atoms in total. The molecular weight excluding hydrogens is 301 g/mol. The highest BCUT2D eigenvalue weighted by molar-refractivity contribution is 9.10. The Morgan fingerprint density at radius 1 is 1.44 bits per heavy atom. The van der Waals surface area contributed by atoms with Crippen molar-refractivity contribution >= 4 is 27.0 Å². The lowest BCUT2D eigenvalue weighted by atomic mass is 9.96. The predicted molar refractivity (Wildman–Crippen MR) is 68.8 cm³/mol. The van der Waals surface area contributed by atoms with Crippen LogP contribution < -0.4 is 0 Å². The van der Waals surface area contributed by atoms with Crippen molar-refractivity contribution in [3.05, 3.63) is 22.4 Å². The average Bonchev–Trinajstić information content (AvgIpc) is 2.65. The van der Waals surface area contributed by atoms with Crippen LogP contribution in [0, 0.1) is 5.82 Å². The molecule has 0 spiro atoms. The van der Waals surface area contributed by atoms with E-state index in [2.05, 4.69) is 26.2 Å². The van der Waals surface area contributed by atoms with Crippen LogP contribution in [0.5, 0.6) is 0 Å². The lowest BCUT2D eigenvalue weighted by Gasteiger charge is -2.25. The van der Waals surface area contributed by atoms with Gasteiger partial charge in [0.25, 0.3) is 0 Å². The fourth-order valence-corrected chi connectivity index (χ4v) is 2.50. The smallest absolute Gasteiger partial charge is 0.127 e. The highest BCUT2D eigenvalue weighted by Gasteiger charge is 2.17. The van der Waals surface area contributed by atoms with E-state index in [1.165, 1.54) is 18.6 Å². The highest BCUT2D eigenvalue weighted by Crippen LogP contribution is 2.24. The third kappa shape index (κ3) is 2.27. The van der Waals surface area contributed by atoms with Gasteiger partial charge in [-0.25, -0.2) is 9.07 Å². The van der Waals surface area contributed by atoms with E-state index in [1.807, 2.05) is 0 Å². The maximum absolute atomic E-state index is 13.3. The molecule has 1 heterocycles. The molecular formula is C12H13BrFN3O. The summed E-state index contributed by atoms with van der Waals surface area (Å²) in [5, 5.41) is 8.06. The van der Waals surface area contributed by atoms with E-state index < -0.39 is 0 Å². The first-order valence-electron chi connectivity index (χ1n) is 6.04. The third-order valence-corrected chi connectivity index (χ3v) is 3.85.